The Hall–Kier alpha value is -1.27. The van der Waals surface area contributed by atoms with E-state index in [1.54, 1.807) is 19.2 Å². The number of piperidine rings is 1. The molecule has 1 unspecified atom stereocenters. The minimum Gasteiger partial charge on any atom is -0.493 e. The molecule has 142 valence electrons. The summed E-state index contributed by atoms with van der Waals surface area (Å²) in [7, 11) is -1.67. The summed E-state index contributed by atoms with van der Waals surface area (Å²) in [5, 5.41) is 0. The number of hydrogen-bond acceptors (Lipinski definition) is 4. The molecule has 1 aromatic carbocycles. The van der Waals surface area contributed by atoms with E-state index >= 15 is 0 Å². The lowest BCUT2D eigenvalue weighted by Crippen LogP contribution is -2.38. The molecule has 25 heavy (non-hydrogen) atoms. The molecule has 1 aliphatic heterocycles. The zero-order chi connectivity index (χ0) is 18.4. The largest absolute Gasteiger partial charge is 0.493 e. The van der Waals surface area contributed by atoms with E-state index in [4.69, 9.17) is 4.74 Å². The lowest BCUT2D eigenvalue weighted by molar-refractivity contribution is 0.126. The maximum atomic E-state index is 11.6. The Morgan fingerprint density at radius 3 is 2.56 bits per heavy atom. The molecule has 0 spiro atoms. The van der Waals surface area contributed by atoms with E-state index < -0.39 is 10.0 Å². The number of nitrogens with zero attached hydrogens (tertiary/aromatic N) is 2. The van der Waals surface area contributed by atoms with E-state index in [2.05, 4.69) is 18.7 Å². The average molecular weight is 369 g/mol. The fourth-order valence-corrected chi connectivity index (χ4v) is 3.59. The highest BCUT2D eigenvalue weighted by Crippen LogP contribution is 2.22. The second-order valence-corrected chi connectivity index (χ2v) is 9.54. The Bertz CT molecular complexity index is 629. The molecule has 1 atom stereocenters. The molecule has 2 rings (SSSR count). The van der Waals surface area contributed by atoms with Crippen molar-refractivity contribution < 1.29 is 13.2 Å². The summed E-state index contributed by atoms with van der Waals surface area (Å²) in [4.78, 5) is 2.56. The van der Waals surface area contributed by atoms with Crippen molar-refractivity contribution in [1.82, 2.24) is 4.90 Å². The van der Waals surface area contributed by atoms with Crippen molar-refractivity contribution in [2.45, 2.75) is 33.1 Å². The zero-order valence-electron chi connectivity index (χ0n) is 15.9. The van der Waals surface area contributed by atoms with Crippen molar-refractivity contribution in [2.75, 3.05) is 43.8 Å². The number of sulfonamides is 1. The van der Waals surface area contributed by atoms with Gasteiger partial charge in [-0.25, -0.2) is 8.42 Å². The highest BCUT2D eigenvalue weighted by molar-refractivity contribution is 7.92. The molecule has 0 N–H and O–H groups in total. The van der Waals surface area contributed by atoms with Crippen LogP contribution in [0.15, 0.2) is 24.3 Å². The van der Waals surface area contributed by atoms with Gasteiger partial charge >= 0.3 is 0 Å². The van der Waals surface area contributed by atoms with E-state index in [1.165, 1.54) is 42.9 Å². The van der Waals surface area contributed by atoms with E-state index in [0.29, 0.717) is 11.6 Å². The van der Waals surface area contributed by atoms with E-state index in [1.807, 2.05) is 12.1 Å². The van der Waals surface area contributed by atoms with Crippen molar-refractivity contribution in [3.05, 3.63) is 24.3 Å². The second-order valence-electron chi connectivity index (χ2n) is 7.53. The third kappa shape index (κ3) is 6.51. The molecule has 6 heteroatoms. The standard InChI is InChI=1S/C19H32N2O3S/c1-16(2)11-13-21-12-5-6-17(14-21)15-24-19-9-7-18(8-10-19)20(3)25(4,22)23/h7-10,16-17H,5-6,11-15H2,1-4H3. The first-order chi connectivity index (χ1) is 11.8. The minimum absolute atomic E-state index is 0.569. The predicted octanol–water partition coefficient (Wildman–Crippen LogP) is 3.22. The van der Waals surface area contributed by atoms with Crippen LogP contribution in [-0.2, 0) is 10.0 Å². The quantitative estimate of drug-likeness (QED) is 0.707. The highest BCUT2D eigenvalue weighted by Gasteiger charge is 2.20. The number of anilines is 1. The van der Waals surface area contributed by atoms with Crippen LogP contribution in [0.4, 0.5) is 5.69 Å². The molecule has 5 nitrogen and oxygen atoms in total. The van der Waals surface area contributed by atoms with Gasteiger partial charge in [-0.05, 0) is 62.5 Å². The smallest absolute Gasteiger partial charge is 0.231 e. The van der Waals surface area contributed by atoms with Crippen LogP contribution in [0.1, 0.15) is 33.1 Å². The molecule has 0 saturated carbocycles. The number of hydrogen-bond donors (Lipinski definition) is 0. The van der Waals surface area contributed by atoms with Crippen LogP contribution in [-0.4, -0.2) is 52.9 Å². The summed E-state index contributed by atoms with van der Waals surface area (Å²) in [5.74, 6) is 2.12. The maximum Gasteiger partial charge on any atom is 0.231 e. The average Bonchev–Trinajstić information content (AvgIpc) is 2.57. The molecular formula is C19H32N2O3S. The van der Waals surface area contributed by atoms with Crippen LogP contribution in [0.2, 0.25) is 0 Å². The molecule has 1 heterocycles. The van der Waals surface area contributed by atoms with Crippen molar-refractivity contribution in [3.8, 4) is 5.75 Å². The topological polar surface area (TPSA) is 49.9 Å². The third-order valence-electron chi connectivity index (χ3n) is 4.81. The van der Waals surface area contributed by atoms with Crippen molar-refractivity contribution in [1.29, 1.82) is 0 Å². The molecular weight excluding hydrogens is 336 g/mol. The van der Waals surface area contributed by atoms with Gasteiger partial charge in [0, 0.05) is 19.5 Å². The van der Waals surface area contributed by atoms with Gasteiger partial charge in [0.05, 0.1) is 18.6 Å². The van der Waals surface area contributed by atoms with Crippen molar-refractivity contribution >= 4 is 15.7 Å². The minimum atomic E-state index is -3.23. The van der Waals surface area contributed by atoms with Gasteiger partial charge in [-0.15, -0.1) is 0 Å². The van der Waals surface area contributed by atoms with Crippen LogP contribution in [0.25, 0.3) is 0 Å². The van der Waals surface area contributed by atoms with Crippen LogP contribution in [0.3, 0.4) is 0 Å². The van der Waals surface area contributed by atoms with Crippen molar-refractivity contribution in [3.63, 3.8) is 0 Å². The Balaban J connectivity index is 1.82. The number of benzene rings is 1. The van der Waals surface area contributed by atoms with Crippen LogP contribution < -0.4 is 9.04 Å². The van der Waals surface area contributed by atoms with Gasteiger partial charge in [0.15, 0.2) is 0 Å². The summed E-state index contributed by atoms with van der Waals surface area (Å²) in [6, 6.07) is 7.26. The van der Waals surface area contributed by atoms with Crippen LogP contribution >= 0.6 is 0 Å². The zero-order valence-corrected chi connectivity index (χ0v) is 16.8. The molecule has 0 bridgehead atoms. The predicted molar refractivity (Wildman–Crippen MR) is 104 cm³/mol. The van der Waals surface area contributed by atoms with Crippen LogP contribution in [0, 0.1) is 11.8 Å². The molecule has 0 amide bonds. The fourth-order valence-electron chi connectivity index (χ4n) is 3.09. The summed E-state index contributed by atoms with van der Waals surface area (Å²) >= 11 is 0. The first-order valence-corrected chi connectivity index (χ1v) is 11.0. The van der Waals surface area contributed by atoms with E-state index in [0.717, 1.165) is 24.8 Å². The monoisotopic (exact) mass is 368 g/mol. The molecule has 0 aliphatic carbocycles. The van der Waals surface area contributed by atoms with E-state index in [9.17, 15) is 8.42 Å². The van der Waals surface area contributed by atoms with Gasteiger partial charge < -0.3 is 9.64 Å². The van der Waals surface area contributed by atoms with Crippen molar-refractivity contribution in [2.24, 2.45) is 11.8 Å². The normalized spacial score (nSPS) is 19.2. The number of likely N-dealkylation sites (tertiary alicyclic amines) is 1. The second kappa shape index (κ2) is 8.90. The van der Waals surface area contributed by atoms with Gasteiger partial charge in [-0.2, -0.15) is 0 Å². The first kappa shape index (κ1) is 20.0. The number of ether oxygens (including phenoxy) is 1. The lowest BCUT2D eigenvalue weighted by Gasteiger charge is -2.33. The summed E-state index contributed by atoms with van der Waals surface area (Å²) in [6.07, 6.45) is 4.91. The highest BCUT2D eigenvalue weighted by atomic mass is 32.2. The Labute approximate surface area is 153 Å². The lowest BCUT2D eigenvalue weighted by atomic mass is 9.98. The molecule has 0 radical (unpaired) electrons. The third-order valence-corrected chi connectivity index (χ3v) is 6.02. The Morgan fingerprint density at radius 1 is 1.28 bits per heavy atom. The van der Waals surface area contributed by atoms with Gasteiger partial charge in [-0.1, -0.05) is 13.8 Å². The number of rotatable bonds is 8. The van der Waals surface area contributed by atoms with Gasteiger partial charge in [0.1, 0.15) is 5.75 Å². The molecule has 1 aliphatic rings. The maximum absolute atomic E-state index is 11.6. The van der Waals surface area contributed by atoms with Crippen LogP contribution in [0.5, 0.6) is 5.75 Å². The molecule has 1 aromatic rings. The SMILES string of the molecule is CC(C)CCN1CCCC(COc2ccc(N(C)S(C)(=O)=O)cc2)C1. The van der Waals surface area contributed by atoms with Gasteiger partial charge in [0.2, 0.25) is 10.0 Å². The summed E-state index contributed by atoms with van der Waals surface area (Å²) in [6.45, 7) is 8.77. The summed E-state index contributed by atoms with van der Waals surface area (Å²) in [5.41, 5.74) is 0.646. The molecule has 1 saturated heterocycles. The van der Waals surface area contributed by atoms with Gasteiger partial charge in [-0.3, -0.25) is 4.31 Å². The first-order valence-electron chi connectivity index (χ1n) is 9.15. The molecule has 0 aromatic heterocycles. The van der Waals surface area contributed by atoms with Gasteiger partial charge in [0.25, 0.3) is 0 Å². The summed E-state index contributed by atoms with van der Waals surface area (Å²) < 4.78 is 30.3. The Kier molecular flexibility index (Phi) is 7.14. The van der Waals surface area contributed by atoms with E-state index in [-0.39, 0.29) is 0 Å². The Morgan fingerprint density at radius 2 is 1.96 bits per heavy atom. The fraction of sp³-hybridized carbons (Fsp3) is 0.684. The molecule has 1 fully saturated rings.